The summed E-state index contributed by atoms with van der Waals surface area (Å²) < 4.78 is 24.9. The third-order valence-corrected chi connectivity index (χ3v) is 3.14. The van der Waals surface area contributed by atoms with Crippen molar-refractivity contribution in [3.63, 3.8) is 0 Å². The van der Waals surface area contributed by atoms with Gasteiger partial charge in [-0.05, 0) is 6.08 Å². The molecule has 0 fully saturated rings. The molecule has 0 radical (unpaired) electrons. The Bertz CT molecular complexity index is 378. The zero-order valence-electron chi connectivity index (χ0n) is 5.76. The zero-order valence-corrected chi connectivity index (χ0v) is 7.47. The number of aliphatic carboxylic acids is 1. The average Bonchev–Trinajstić information content (AvgIpc) is 2.25. The molecule has 0 aliphatic carbocycles. The van der Waals surface area contributed by atoms with Crippen LogP contribution in [0.1, 0.15) is 0 Å². The van der Waals surface area contributed by atoms with E-state index in [4.69, 9.17) is 5.11 Å². The molecule has 0 bridgehead atoms. The first-order valence-corrected chi connectivity index (χ1v) is 4.94. The highest BCUT2D eigenvalue weighted by Gasteiger charge is 2.26. The summed E-state index contributed by atoms with van der Waals surface area (Å²) in [5.41, 5.74) is -0.459. The molecule has 1 aliphatic heterocycles. The Labute approximate surface area is 74.3 Å². The van der Waals surface area contributed by atoms with E-state index in [1.54, 1.807) is 0 Å². The van der Waals surface area contributed by atoms with Crippen LogP contribution >= 0.6 is 12.6 Å². The number of nitrogens with zero attached hydrogens (tertiary/aromatic N) is 1. The van der Waals surface area contributed by atoms with E-state index in [2.05, 4.69) is 17.0 Å². The third-order valence-electron chi connectivity index (χ3n) is 1.22. The van der Waals surface area contributed by atoms with Gasteiger partial charge in [0.1, 0.15) is 0 Å². The second-order valence-electron chi connectivity index (χ2n) is 2.03. The molecule has 1 rings (SSSR count). The highest BCUT2D eigenvalue weighted by molar-refractivity contribution is 7.95. The molecule has 0 aromatic heterocycles. The standard InChI is InChI=1S/C5H5NO4S2/c7-5(8)4-1-3(2-11)12(9,10)6-4/h1,11H,2H2,(H,7,8). The van der Waals surface area contributed by atoms with Crippen molar-refractivity contribution >= 4 is 34.3 Å². The second-order valence-corrected chi connectivity index (χ2v) is 4.00. The lowest BCUT2D eigenvalue weighted by molar-refractivity contribution is -0.129. The maximum absolute atomic E-state index is 10.9. The van der Waals surface area contributed by atoms with E-state index in [9.17, 15) is 13.2 Å². The van der Waals surface area contributed by atoms with Crippen molar-refractivity contribution in [2.24, 2.45) is 4.40 Å². The largest absolute Gasteiger partial charge is 0.476 e. The van der Waals surface area contributed by atoms with Gasteiger partial charge in [-0.1, -0.05) is 0 Å². The highest BCUT2D eigenvalue weighted by Crippen LogP contribution is 2.17. The molecule has 5 nitrogen and oxygen atoms in total. The van der Waals surface area contributed by atoms with Crippen molar-refractivity contribution in [1.29, 1.82) is 0 Å². The number of sulfonamides is 1. The van der Waals surface area contributed by atoms with Gasteiger partial charge in [0.05, 0.1) is 4.91 Å². The number of hydrogen-bond donors (Lipinski definition) is 2. The number of rotatable bonds is 2. The van der Waals surface area contributed by atoms with Crippen LogP contribution in [0.2, 0.25) is 0 Å². The van der Waals surface area contributed by atoms with E-state index in [0.717, 1.165) is 6.08 Å². The molecule has 66 valence electrons. The monoisotopic (exact) mass is 207 g/mol. The minimum atomic E-state index is -3.74. The van der Waals surface area contributed by atoms with Crippen molar-refractivity contribution in [3.8, 4) is 0 Å². The van der Waals surface area contributed by atoms with Gasteiger partial charge in [-0.25, -0.2) is 4.79 Å². The molecular weight excluding hydrogens is 202 g/mol. The molecule has 0 unspecified atom stereocenters. The Hall–Kier alpha value is -0.820. The SMILES string of the molecule is O=C(O)C1=NS(=O)(=O)C(CS)=C1. The number of carboxylic acid groups (broad SMARTS) is 1. The lowest BCUT2D eigenvalue weighted by Gasteiger charge is -1.90. The van der Waals surface area contributed by atoms with Gasteiger partial charge < -0.3 is 5.11 Å². The maximum Gasteiger partial charge on any atom is 0.355 e. The van der Waals surface area contributed by atoms with Crippen LogP contribution in [0.25, 0.3) is 0 Å². The number of thiol groups is 1. The minimum absolute atomic E-state index is 0.0391. The lowest BCUT2D eigenvalue weighted by atomic mass is 10.3. The summed E-state index contributed by atoms with van der Waals surface area (Å²) in [6.45, 7) is 0. The van der Waals surface area contributed by atoms with Crippen LogP contribution in [0.4, 0.5) is 0 Å². The molecule has 1 N–H and O–H groups in total. The summed E-state index contributed by atoms with van der Waals surface area (Å²) in [5, 5.41) is 8.39. The topological polar surface area (TPSA) is 83.8 Å². The van der Waals surface area contributed by atoms with Gasteiger partial charge >= 0.3 is 5.97 Å². The molecule has 0 saturated carbocycles. The Morgan fingerprint density at radius 1 is 1.67 bits per heavy atom. The molecule has 1 aliphatic rings. The van der Waals surface area contributed by atoms with Crippen LogP contribution in [0.5, 0.6) is 0 Å². The van der Waals surface area contributed by atoms with Crippen LogP contribution in [-0.2, 0) is 14.8 Å². The van der Waals surface area contributed by atoms with Gasteiger partial charge in [-0.3, -0.25) is 0 Å². The second kappa shape index (κ2) is 2.91. The predicted molar refractivity (Wildman–Crippen MR) is 45.9 cm³/mol. The molecule has 7 heteroatoms. The Balaban J connectivity index is 3.17. The smallest absolute Gasteiger partial charge is 0.355 e. The Morgan fingerprint density at radius 3 is 2.50 bits per heavy atom. The Kier molecular flexibility index (Phi) is 2.25. The molecular formula is C5H5NO4S2. The van der Waals surface area contributed by atoms with E-state index < -0.39 is 21.7 Å². The van der Waals surface area contributed by atoms with Crippen LogP contribution in [0.3, 0.4) is 0 Å². The Morgan fingerprint density at radius 2 is 2.25 bits per heavy atom. The van der Waals surface area contributed by atoms with Gasteiger partial charge in [-0.15, -0.1) is 0 Å². The maximum atomic E-state index is 10.9. The van der Waals surface area contributed by atoms with Crippen molar-refractivity contribution < 1.29 is 18.3 Å². The summed E-state index contributed by atoms with van der Waals surface area (Å²) in [4.78, 5) is 10.2. The fraction of sp³-hybridized carbons (Fsp3) is 0.200. The normalized spacial score (nSPS) is 20.1. The molecule has 12 heavy (non-hydrogen) atoms. The van der Waals surface area contributed by atoms with Gasteiger partial charge in [0.15, 0.2) is 5.71 Å². The van der Waals surface area contributed by atoms with Crippen molar-refractivity contribution in [1.82, 2.24) is 0 Å². The van der Waals surface area contributed by atoms with Crippen LogP contribution in [0.15, 0.2) is 15.4 Å². The van der Waals surface area contributed by atoms with E-state index in [-0.39, 0.29) is 10.7 Å². The first-order valence-electron chi connectivity index (χ1n) is 2.87. The fourth-order valence-corrected chi connectivity index (χ4v) is 2.18. The van der Waals surface area contributed by atoms with Gasteiger partial charge in [-0.2, -0.15) is 25.4 Å². The predicted octanol–water partition coefficient (Wildman–Crippen LogP) is -0.331. The summed E-state index contributed by atoms with van der Waals surface area (Å²) in [7, 11) is -3.74. The minimum Gasteiger partial charge on any atom is -0.476 e. The number of hydrogen-bond acceptors (Lipinski definition) is 4. The molecule has 0 atom stereocenters. The first-order chi connectivity index (χ1) is 5.47. The molecule has 0 aromatic carbocycles. The van der Waals surface area contributed by atoms with Crippen LogP contribution < -0.4 is 0 Å². The van der Waals surface area contributed by atoms with Crippen LogP contribution in [-0.4, -0.2) is 31.0 Å². The summed E-state index contributed by atoms with van der Waals surface area (Å²) in [6.07, 6.45) is 1.00. The van der Waals surface area contributed by atoms with Crippen LogP contribution in [0, 0.1) is 0 Å². The zero-order chi connectivity index (χ0) is 9.35. The van der Waals surface area contributed by atoms with E-state index in [0.29, 0.717) is 0 Å². The van der Waals surface area contributed by atoms with E-state index >= 15 is 0 Å². The van der Waals surface area contributed by atoms with Gasteiger partial charge in [0, 0.05) is 5.75 Å². The van der Waals surface area contributed by atoms with Crippen molar-refractivity contribution in [3.05, 3.63) is 11.0 Å². The molecule has 0 aromatic rings. The van der Waals surface area contributed by atoms with Gasteiger partial charge in [0.25, 0.3) is 10.0 Å². The first kappa shape index (κ1) is 9.27. The van der Waals surface area contributed by atoms with Crippen molar-refractivity contribution in [2.45, 2.75) is 0 Å². The van der Waals surface area contributed by atoms with E-state index in [1.807, 2.05) is 0 Å². The summed E-state index contributed by atoms with van der Waals surface area (Å²) in [5.74, 6) is -1.39. The average molecular weight is 207 g/mol. The third kappa shape index (κ3) is 1.51. The fourth-order valence-electron chi connectivity index (χ4n) is 0.669. The van der Waals surface area contributed by atoms with Crippen molar-refractivity contribution in [2.75, 3.05) is 5.75 Å². The summed E-state index contributed by atoms with van der Waals surface area (Å²) in [6, 6.07) is 0. The number of carboxylic acids is 1. The number of carbonyl (C=O) groups is 1. The van der Waals surface area contributed by atoms with Gasteiger partial charge in [0.2, 0.25) is 0 Å². The molecule has 0 spiro atoms. The lowest BCUT2D eigenvalue weighted by Crippen LogP contribution is -2.07. The quantitative estimate of drug-likeness (QED) is 0.607. The molecule has 1 heterocycles. The summed E-state index contributed by atoms with van der Waals surface area (Å²) >= 11 is 3.72. The molecule has 0 amide bonds. The van der Waals surface area contributed by atoms with E-state index in [1.165, 1.54) is 0 Å². The highest BCUT2D eigenvalue weighted by atomic mass is 32.2. The molecule has 0 saturated heterocycles.